The molecule has 0 saturated carbocycles. The quantitative estimate of drug-likeness (QED) is 0.510. The average molecular weight is 426 g/mol. The summed E-state index contributed by atoms with van der Waals surface area (Å²) in [6, 6.07) is 12.3. The Balaban J connectivity index is 2.05. The fraction of sp³-hybridized carbons (Fsp3) is 0.476. The van der Waals surface area contributed by atoms with Crippen molar-refractivity contribution in [2.75, 3.05) is 36.8 Å². The molecule has 30 heavy (non-hydrogen) atoms. The molecule has 1 aromatic carbocycles. The first-order valence-corrected chi connectivity index (χ1v) is 10.9. The second-order valence-electron chi connectivity index (χ2n) is 6.57. The first kappa shape index (κ1) is 23.2. The van der Waals surface area contributed by atoms with E-state index in [9.17, 15) is 4.79 Å². The Morgan fingerprint density at radius 3 is 2.20 bits per heavy atom. The van der Waals surface area contributed by atoms with E-state index in [0.29, 0.717) is 18.2 Å². The minimum atomic E-state index is -0.112. The van der Waals surface area contributed by atoms with Crippen molar-refractivity contribution in [3.8, 4) is 23.5 Å². The third-order valence-electron chi connectivity index (χ3n) is 4.75. The lowest BCUT2D eigenvalue weighted by atomic mass is 10.2. The summed E-state index contributed by atoms with van der Waals surface area (Å²) in [5.74, 6) is 0.810. The van der Waals surface area contributed by atoms with Gasteiger partial charge >= 0.3 is 0 Å². The molecular weight excluding hydrogens is 398 g/mol. The van der Waals surface area contributed by atoms with Gasteiger partial charge in [-0.05, 0) is 38.1 Å². The SMILES string of the molecule is CCN(CC)c1ccc(-c2nnc(SCC(=O)N(CCC#N)CCC#N)n2C)cc1. The molecule has 9 heteroatoms. The van der Waals surface area contributed by atoms with Crippen molar-refractivity contribution in [1.82, 2.24) is 19.7 Å². The minimum Gasteiger partial charge on any atom is -0.372 e. The molecule has 0 saturated heterocycles. The normalized spacial score (nSPS) is 10.3. The fourth-order valence-corrected chi connectivity index (χ4v) is 3.86. The van der Waals surface area contributed by atoms with Gasteiger partial charge in [0.25, 0.3) is 0 Å². The van der Waals surface area contributed by atoms with Gasteiger partial charge in [-0.25, -0.2) is 0 Å². The summed E-state index contributed by atoms with van der Waals surface area (Å²) in [4.78, 5) is 16.3. The van der Waals surface area contributed by atoms with Crippen molar-refractivity contribution in [1.29, 1.82) is 10.5 Å². The molecule has 0 spiro atoms. The van der Waals surface area contributed by atoms with Crippen molar-refractivity contribution in [3.05, 3.63) is 24.3 Å². The highest BCUT2D eigenvalue weighted by molar-refractivity contribution is 7.99. The molecule has 1 aromatic heterocycles. The summed E-state index contributed by atoms with van der Waals surface area (Å²) in [5, 5.41) is 26.7. The third kappa shape index (κ3) is 5.98. The molecule has 0 aliphatic carbocycles. The zero-order valence-corrected chi connectivity index (χ0v) is 18.5. The van der Waals surface area contributed by atoms with E-state index in [0.717, 1.165) is 24.5 Å². The van der Waals surface area contributed by atoms with Gasteiger partial charge in [-0.1, -0.05) is 11.8 Å². The Hall–Kier alpha value is -3.04. The molecule has 1 heterocycles. The van der Waals surface area contributed by atoms with E-state index < -0.39 is 0 Å². The summed E-state index contributed by atoms with van der Waals surface area (Å²) in [6.07, 6.45) is 0.499. The Kier molecular flexibility index (Phi) is 9.17. The molecule has 0 bridgehead atoms. The summed E-state index contributed by atoms with van der Waals surface area (Å²) >= 11 is 1.31. The van der Waals surface area contributed by atoms with Gasteiger partial charge in [-0.2, -0.15) is 10.5 Å². The number of amides is 1. The number of carbonyl (C=O) groups is 1. The Morgan fingerprint density at radius 2 is 1.67 bits per heavy atom. The van der Waals surface area contributed by atoms with Crippen LogP contribution in [0, 0.1) is 22.7 Å². The van der Waals surface area contributed by atoms with Gasteiger partial charge in [0.1, 0.15) is 0 Å². The Morgan fingerprint density at radius 1 is 1.07 bits per heavy atom. The Labute approximate surface area is 182 Å². The summed E-state index contributed by atoms with van der Waals surface area (Å²) in [5.41, 5.74) is 2.13. The topological polar surface area (TPSA) is 102 Å². The van der Waals surface area contributed by atoms with E-state index in [4.69, 9.17) is 10.5 Å². The molecule has 0 fully saturated rings. The number of aromatic nitrogens is 3. The molecule has 0 unspecified atom stereocenters. The first-order valence-electron chi connectivity index (χ1n) is 9.94. The summed E-state index contributed by atoms with van der Waals surface area (Å²) in [7, 11) is 1.88. The predicted octanol–water partition coefficient (Wildman–Crippen LogP) is 3.08. The predicted molar refractivity (Wildman–Crippen MR) is 118 cm³/mol. The molecule has 0 aliphatic heterocycles. The fourth-order valence-electron chi connectivity index (χ4n) is 3.05. The molecule has 0 radical (unpaired) electrons. The number of anilines is 1. The number of nitrogens with zero attached hydrogens (tertiary/aromatic N) is 7. The van der Waals surface area contributed by atoms with E-state index in [-0.39, 0.29) is 24.5 Å². The van der Waals surface area contributed by atoms with Gasteiger partial charge in [0.05, 0.1) is 30.7 Å². The van der Waals surface area contributed by atoms with E-state index in [1.165, 1.54) is 17.4 Å². The largest absolute Gasteiger partial charge is 0.372 e. The number of carbonyl (C=O) groups excluding carboxylic acids is 1. The van der Waals surface area contributed by atoms with Gasteiger partial charge in [0.15, 0.2) is 11.0 Å². The van der Waals surface area contributed by atoms with Crippen LogP contribution in [-0.4, -0.2) is 57.5 Å². The maximum atomic E-state index is 12.5. The zero-order chi connectivity index (χ0) is 21.9. The van der Waals surface area contributed by atoms with E-state index >= 15 is 0 Å². The number of hydrogen-bond acceptors (Lipinski definition) is 7. The molecule has 1 amide bonds. The van der Waals surface area contributed by atoms with Crippen LogP contribution in [0.25, 0.3) is 11.4 Å². The van der Waals surface area contributed by atoms with Crippen LogP contribution in [0.2, 0.25) is 0 Å². The number of thioether (sulfide) groups is 1. The molecular formula is C21H27N7OS. The van der Waals surface area contributed by atoms with Crippen molar-refractivity contribution < 1.29 is 4.79 Å². The van der Waals surface area contributed by atoms with Gasteiger partial charge in [-0.15, -0.1) is 10.2 Å². The zero-order valence-electron chi connectivity index (χ0n) is 17.7. The standard InChI is InChI=1S/C21H27N7OS/c1-4-27(5-2)18-10-8-17(9-11-18)20-24-25-21(26(20)3)30-16-19(29)28(14-6-12-22)15-7-13-23/h8-11H,4-7,14-16H2,1-3H3. The lowest BCUT2D eigenvalue weighted by molar-refractivity contribution is -0.128. The number of hydrogen-bond donors (Lipinski definition) is 0. The molecule has 2 aromatic rings. The highest BCUT2D eigenvalue weighted by Gasteiger charge is 2.17. The maximum Gasteiger partial charge on any atom is 0.233 e. The molecule has 2 rings (SSSR count). The lowest BCUT2D eigenvalue weighted by Gasteiger charge is -2.21. The number of benzene rings is 1. The molecule has 8 nitrogen and oxygen atoms in total. The third-order valence-corrected chi connectivity index (χ3v) is 5.76. The summed E-state index contributed by atoms with van der Waals surface area (Å²) < 4.78 is 1.87. The summed E-state index contributed by atoms with van der Waals surface area (Å²) in [6.45, 7) is 6.84. The molecule has 0 aliphatic rings. The van der Waals surface area contributed by atoms with Crippen molar-refractivity contribution in [2.45, 2.75) is 31.8 Å². The Bertz CT molecular complexity index is 889. The number of nitriles is 2. The minimum absolute atomic E-state index is 0.112. The van der Waals surface area contributed by atoms with Gasteiger partial charge in [0.2, 0.25) is 5.91 Å². The van der Waals surface area contributed by atoms with Gasteiger partial charge in [-0.3, -0.25) is 4.79 Å². The van der Waals surface area contributed by atoms with Crippen LogP contribution in [0.15, 0.2) is 29.4 Å². The van der Waals surface area contributed by atoms with Crippen molar-refractivity contribution in [2.24, 2.45) is 7.05 Å². The van der Waals surface area contributed by atoms with Crippen molar-refractivity contribution in [3.63, 3.8) is 0 Å². The van der Waals surface area contributed by atoms with Crippen LogP contribution in [0.3, 0.4) is 0 Å². The molecule has 0 N–H and O–H groups in total. The van der Waals surface area contributed by atoms with Crippen LogP contribution in [0.1, 0.15) is 26.7 Å². The maximum absolute atomic E-state index is 12.5. The van der Waals surface area contributed by atoms with Crippen molar-refractivity contribution >= 4 is 23.4 Å². The van der Waals surface area contributed by atoms with Crippen LogP contribution >= 0.6 is 11.8 Å². The van der Waals surface area contributed by atoms with Gasteiger partial charge in [0, 0.05) is 44.5 Å². The van der Waals surface area contributed by atoms with E-state index in [1.807, 2.05) is 35.9 Å². The second-order valence-corrected chi connectivity index (χ2v) is 7.51. The second kappa shape index (κ2) is 11.8. The molecule has 158 valence electrons. The highest BCUT2D eigenvalue weighted by atomic mass is 32.2. The highest BCUT2D eigenvalue weighted by Crippen LogP contribution is 2.25. The van der Waals surface area contributed by atoms with E-state index in [1.54, 1.807) is 4.90 Å². The van der Waals surface area contributed by atoms with Crippen LogP contribution < -0.4 is 4.90 Å². The monoisotopic (exact) mass is 425 g/mol. The van der Waals surface area contributed by atoms with E-state index in [2.05, 4.69) is 41.1 Å². The smallest absolute Gasteiger partial charge is 0.233 e. The number of rotatable bonds is 11. The van der Waals surface area contributed by atoms with Crippen LogP contribution in [0.4, 0.5) is 5.69 Å². The van der Waals surface area contributed by atoms with Gasteiger partial charge < -0.3 is 14.4 Å². The lowest BCUT2D eigenvalue weighted by Crippen LogP contribution is -2.34. The average Bonchev–Trinajstić information content (AvgIpc) is 3.14. The van der Waals surface area contributed by atoms with Crippen LogP contribution in [0.5, 0.6) is 0 Å². The molecule has 0 atom stereocenters. The first-order chi connectivity index (χ1) is 14.5. The van der Waals surface area contributed by atoms with Crippen LogP contribution in [-0.2, 0) is 11.8 Å².